The van der Waals surface area contributed by atoms with Gasteiger partial charge in [-0.2, -0.15) is 0 Å². The van der Waals surface area contributed by atoms with Crippen molar-refractivity contribution in [2.75, 3.05) is 5.32 Å². The van der Waals surface area contributed by atoms with Crippen molar-refractivity contribution < 1.29 is 4.79 Å². The van der Waals surface area contributed by atoms with E-state index in [1.165, 1.54) is 0 Å². The Hall–Kier alpha value is -2.99. The van der Waals surface area contributed by atoms with Gasteiger partial charge in [-0.15, -0.1) is 0 Å². The molecule has 6 heteroatoms. The summed E-state index contributed by atoms with van der Waals surface area (Å²) in [6.45, 7) is 6.05. The number of hydrogen-bond acceptors (Lipinski definition) is 5. The lowest BCUT2D eigenvalue weighted by atomic mass is 9.91. The summed E-state index contributed by atoms with van der Waals surface area (Å²) in [7, 11) is 0. The van der Waals surface area contributed by atoms with Crippen LogP contribution in [0.25, 0.3) is 10.9 Å². The first-order valence-electron chi connectivity index (χ1n) is 9.61. The number of carbonyl (C=O) groups excluding carboxylic acids is 1. The maximum absolute atomic E-state index is 12.7. The molecule has 1 aliphatic rings. The van der Waals surface area contributed by atoms with Crippen molar-refractivity contribution in [2.24, 2.45) is 5.92 Å². The lowest BCUT2D eigenvalue weighted by Gasteiger charge is -2.36. The van der Waals surface area contributed by atoms with Crippen LogP contribution in [0.5, 0.6) is 0 Å². The monoisotopic (exact) mass is 375 g/mol. The van der Waals surface area contributed by atoms with Gasteiger partial charge in [0.1, 0.15) is 0 Å². The molecule has 0 radical (unpaired) electrons. The number of rotatable bonds is 4. The Morgan fingerprint density at radius 2 is 1.86 bits per heavy atom. The second-order valence-electron chi connectivity index (χ2n) is 7.49. The second kappa shape index (κ2) is 7.56. The van der Waals surface area contributed by atoms with Crippen molar-refractivity contribution in [3.63, 3.8) is 0 Å². The van der Waals surface area contributed by atoms with Crippen molar-refractivity contribution in [1.29, 1.82) is 0 Å². The highest BCUT2D eigenvalue weighted by atomic mass is 16.2. The van der Waals surface area contributed by atoms with Crippen LogP contribution in [-0.4, -0.2) is 28.2 Å². The highest BCUT2D eigenvalue weighted by molar-refractivity contribution is 5.83. The third-order valence-corrected chi connectivity index (χ3v) is 5.27. The Kier molecular flexibility index (Phi) is 4.96. The van der Waals surface area contributed by atoms with Gasteiger partial charge >= 0.3 is 0 Å². The molecular weight excluding hydrogens is 350 g/mol. The minimum absolute atomic E-state index is 0.0234. The molecule has 1 fully saturated rings. The molecule has 6 nitrogen and oxygen atoms in total. The van der Waals surface area contributed by atoms with E-state index >= 15 is 0 Å². The molecule has 1 saturated heterocycles. The minimum atomic E-state index is -0.406. The largest absolute Gasteiger partial charge is 0.323 e. The molecule has 4 rings (SSSR count). The van der Waals surface area contributed by atoms with Crippen LogP contribution in [0.3, 0.4) is 0 Å². The Balaban J connectivity index is 1.48. The summed E-state index contributed by atoms with van der Waals surface area (Å²) in [5, 5.41) is 10.7. The number of aryl methyl sites for hydroxylation is 2. The Morgan fingerprint density at radius 3 is 2.61 bits per heavy atom. The van der Waals surface area contributed by atoms with Gasteiger partial charge in [-0.05, 0) is 44.4 Å². The van der Waals surface area contributed by atoms with Crippen molar-refractivity contribution in [3.05, 3.63) is 65.4 Å². The van der Waals surface area contributed by atoms with E-state index in [9.17, 15) is 4.79 Å². The van der Waals surface area contributed by atoms with Gasteiger partial charge in [0.15, 0.2) is 6.29 Å². The van der Waals surface area contributed by atoms with Gasteiger partial charge in [0.25, 0.3) is 0 Å². The SMILES string of the molecule is Cc1ccc2c(C)nc(NC3NC(=O)C(Cc4ccccc4)C(C)N3)nc2c1. The van der Waals surface area contributed by atoms with Crippen molar-refractivity contribution in [3.8, 4) is 0 Å². The molecule has 0 saturated carbocycles. The zero-order chi connectivity index (χ0) is 19.7. The summed E-state index contributed by atoms with van der Waals surface area (Å²) in [5.74, 6) is 0.408. The molecule has 1 aromatic heterocycles. The Morgan fingerprint density at radius 1 is 1.07 bits per heavy atom. The number of carbonyl (C=O) groups is 1. The van der Waals surface area contributed by atoms with Gasteiger partial charge in [0.05, 0.1) is 17.1 Å². The summed E-state index contributed by atoms with van der Waals surface area (Å²) in [6.07, 6.45) is 0.300. The van der Waals surface area contributed by atoms with E-state index in [0.29, 0.717) is 12.4 Å². The van der Waals surface area contributed by atoms with Crippen LogP contribution in [0.15, 0.2) is 48.5 Å². The number of benzene rings is 2. The predicted octanol–water partition coefficient (Wildman–Crippen LogP) is 2.91. The summed E-state index contributed by atoms with van der Waals surface area (Å²) < 4.78 is 0. The normalized spacial score (nSPS) is 22.1. The maximum Gasteiger partial charge on any atom is 0.227 e. The predicted molar refractivity (Wildman–Crippen MR) is 111 cm³/mol. The van der Waals surface area contributed by atoms with Crippen LogP contribution in [0.2, 0.25) is 0 Å². The molecule has 144 valence electrons. The number of fused-ring (bicyclic) bond motifs is 1. The van der Waals surface area contributed by atoms with E-state index in [1.807, 2.05) is 51.1 Å². The highest BCUT2D eigenvalue weighted by Crippen LogP contribution is 2.20. The molecule has 2 heterocycles. The average Bonchev–Trinajstić information content (AvgIpc) is 2.65. The third-order valence-electron chi connectivity index (χ3n) is 5.27. The number of nitrogens with one attached hydrogen (secondary N) is 3. The number of aromatic nitrogens is 2. The van der Waals surface area contributed by atoms with E-state index in [0.717, 1.165) is 27.7 Å². The molecule has 0 aliphatic carbocycles. The fourth-order valence-electron chi connectivity index (χ4n) is 3.70. The van der Waals surface area contributed by atoms with Crippen molar-refractivity contribution in [2.45, 2.75) is 39.5 Å². The molecule has 0 bridgehead atoms. The summed E-state index contributed by atoms with van der Waals surface area (Å²) in [6, 6.07) is 16.3. The van der Waals surface area contributed by atoms with Gasteiger partial charge in [-0.1, -0.05) is 42.5 Å². The standard InChI is InChI=1S/C22H25N5O/c1-13-9-10-17-14(2)23-21(25-19(17)11-13)27-22-24-15(3)18(20(28)26-22)12-16-7-5-4-6-8-16/h4-11,15,18,22,24H,12H2,1-3H3,(H,26,28)(H,23,25,27). The van der Waals surface area contributed by atoms with Crippen LogP contribution in [-0.2, 0) is 11.2 Å². The lowest BCUT2D eigenvalue weighted by molar-refractivity contribution is -0.128. The Labute approximate surface area is 164 Å². The van der Waals surface area contributed by atoms with E-state index in [2.05, 4.69) is 44.1 Å². The quantitative estimate of drug-likeness (QED) is 0.653. The molecule has 3 aromatic rings. The van der Waals surface area contributed by atoms with Gasteiger partial charge in [-0.25, -0.2) is 9.97 Å². The maximum atomic E-state index is 12.7. The zero-order valence-electron chi connectivity index (χ0n) is 16.4. The van der Waals surface area contributed by atoms with Crippen LogP contribution < -0.4 is 16.0 Å². The molecule has 3 atom stereocenters. The third kappa shape index (κ3) is 3.82. The van der Waals surface area contributed by atoms with Gasteiger partial charge in [-0.3, -0.25) is 10.1 Å². The highest BCUT2D eigenvalue weighted by Gasteiger charge is 2.33. The second-order valence-corrected chi connectivity index (χ2v) is 7.49. The van der Waals surface area contributed by atoms with Gasteiger partial charge in [0.2, 0.25) is 11.9 Å². The van der Waals surface area contributed by atoms with E-state index in [4.69, 9.17) is 0 Å². The minimum Gasteiger partial charge on any atom is -0.323 e. The first-order valence-corrected chi connectivity index (χ1v) is 9.61. The molecule has 3 N–H and O–H groups in total. The van der Waals surface area contributed by atoms with Crippen molar-refractivity contribution in [1.82, 2.24) is 20.6 Å². The van der Waals surface area contributed by atoms with Gasteiger partial charge < -0.3 is 10.6 Å². The first kappa shape index (κ1) is 18.4. The fourth-order valence-corrected chi connectivity index (χ4v) is 3.70. The van der Waals surface area contributed by atoms with Gasteiger partial charge in [0, 0.05) is 11.4 Å². The summed E-state index contributed by atoms with van der Waals surface area (Å²) in [4.78, 5) is 21.9. The number of nitrogens with zero attached hydrogens (tertiary/aromatic N) is 2. The number of amides is 1. The molecule has 1 amide bonds. The zero-order valence-corrected chi connectivity index (χ0v) is 16.4. The van der Waals surface area contributed by atoms with Crippen LogP contribution in [0.1, 0.15) is 23.7 Å². The van der Waals surface area contributed by atoms with Crippen molar-refractivity contribution >= 4 is 22.8 Å². The van der Waals surface area contributed by atoms with Crippen LogP contribution in [0, 0.1) is 19.8 Å². The number of hydrogen-bond donors (Lipinski definition) is 3. The first-order chi connectivity index (χ1) is 13.5. The molecule has 3 unspecified atom stereocenters. The lowest BCUT2D eigenvalue weighted by Crippen LogP contribution is -2.63. The topological polar surface area (TPSA) is 78.9 Å². The van der Waals surface area contributed by atoms with E-state index < -0.39 is 6.29 Å². The molecule has 0 spiro atoms. The number of anilines is 1. The summed E-state index contributed by atoms with van der Waals surface area (Å²) >= 11 is 0. The van der Waals surface area contributed by atoms with E-state index in [-0.39, 0.29) is 17.9 Å². The molecule has 1 aliphatic heterocycles. The Bertz CT molecular complexity index is 1000. The molecule has 28 heavy (non-hydrogen) atoms. The molecule has 2 aromatic carbocycles. The fraction of sp³-hybridized carbons (Fsp3) is 0.318. The summed E-state index contributed by atoms with van der Waals surface area (Å²) in [5.41, 5.74) is 4.11. The van der Waals surface area contributed by atoms with Crippen LogP contribution >= 0.6 is 0 Å². The average molecular weight is 375 g/mol. The smallest absolute Gasteiger partial charge is 0.227 e. The van der Waals surface area contributed by atoms with Crippen LogP contribution in [0.4, 0.5) is 5.95 Å². The van der Waals surface area contributed by atoms with E-state index in [1.54, 1.807) is 0 Å². The molecular formula is C22H25N5O.